The Hall–Kier alpha value is -2.74. The van der Waals surface area contributed by atoms with Gasteiger partial charge in [-0.15, -0.1) is 0 Å². The van der Waals surface area contributed by atoms with E-state index in [0.717, 1.165) is 12.1 Å². The number of ether oxygens (including phenoxy) is 2. The molecule has 2 atom stereocenters. The Kier molecular flexibility index (Phi) is 3.40. The van der Waals surface area contributed by atoms with Crippen LogP contribution in [0.25, 0.3) is 0 Å². The number of benzene rings is 2. The molecule has 0 spiro atoms. The number of rotatable bonds is 2. The maximum Gasteiger partial charge on any atom is 0.416 e. The number of hydrogen-bond acceptors (Lipinski definition) is 4. The van der Waals surface area contributed by atoms with Crippen LogP contribution in [0.1, 0.15) is 17.2 Å². The Bertz CT molecular complexity index is 853. The van der Waals surface area contributed by atoms with Gasteiger partial charge in [-0.1, -0.05) is 12.1 Å². The van der Waals surface area contributed by atoms with Gasteiger partial charge in [0.05, 0.1) is 11.6 Å². The Balaban J connectivity index is 1.71. The topological polar surface area (TPSA) is 64.8 Å². The third-order valence-electron chi connectivity index (χ3n) is 4.33. The quantitative estimate of drug-likeness (QED) is 0.846. The van der Waals surface area contributed by atoms with Crippen molar-refractivity contribution in [2.45, 2.75) is 18.3 Å². The molecule has 2 aromatic carbocycles. The monoisotopic (exact) mass is 350 g/mol. The van der Waals surface area contributed by atoms with E-state index in [0.29, 0.717) is 17.1 Å². The molecule has 2 aliphatic heterocycles. The van der Waals surface area contributed by atoms with Gasteiger partial charge >= 0.3 is 6.18 Å². The predicted octanol–water partition coefficient (Wildman–Crippen LogP) is 2.85. The van der Waals surface area contributed by atoms with Gasteiger partial charge in [-0.2, -0.15) is 13.2 Å². The number of carbonyl (C=O) groups excluding carboxylic acids is 1. The first kappa shape index (κ1) is 15.8. The van der Waals surface area contributed by atoms with Crippen molar-refractivity contribution in [3.8, 4) is 11.5 Å². The number of nitrogens with zero attached hydrogens (tertiary/aromatic N) is 1. The van der Waals surface area contributed by atoms with Crippen molar-refractivity contribution in [2.75, 3.05) is 11.7 Å². The fourth-order valence-electron chi connectivity index (χ4n) is 3.08. The van der Waals surface area contributed by atoms with Crippen LogP contribution >= 0.6 is 0 Å². The second-order valence-electron chi connectivity index (χ2n) is 5.84. The maximum atomic E-state index is 12.9. The highest BCUT2D eigenvalue weighted by molar-refractivity contribution is 6.05. The van der Waals surface area contributed by atoms with Crippen LogP contribution in [0.15, 0.2) is 42.5 Å². The van der Waals surface area contributed by atoms with Gasteiger partial charge in [0.1, 0.15) is 6.04 Å². The second-order valence-corrected chi connectivity index (χ2v) is 5.84. The second kappa shape index (κ2) is 5.38. The molecule has 130 valence electrons. The third-order valence-corrected chi connectivity index (χ3v) is 4.33. The average Bonchev–Trinajstić information content (AvgIpc) is 3.05. The van der Waals surface area contributed by atoms with Gasteiger partial charge in [0.2, 0.25) is 12.7 Å². The molecule has 2 N–H and O–H groups in total. The predicted molar refractivity (Wildman–Crippen MR) is 82.2 cm³/mol. The lowest BCUT2D eigenvalue weighted by atomic mass is 9.88. The van der Waals surface area contributed by atoms with E-state index >= 15 is 0 Å². The molecule has 5 nitrogen and oxygen atoms in total. The maximum absolute atomic E-state index is 12.9. The van der Waals surface area contributed by atoms with Gasteiger partial charge in [0.15, 0.2) is 11.5 Å². The molecule has 2 aromatic rings. The van der Waals surface area contributed by atoms with Crippen LogP contribution in [-0.2, 0) is 11.0 Å². The van der Waals surface area contributed by atoms with Crippen molar-refractivity contribution in [1.29, 1.82) is 0 Å². The first-order valence-corrected chi connectivity index (χ1v) is 7.52. The van der Waals surface area contributed by atoms with Crippen molar-refractivity contribution < 1.29 is 27.4 Å². The zero-order valence-electron chi connectivity index (χ0n) is 12.8. The molecule has 2 aliphatic rings. The number of amides is 1. The Morgan fingerprint density at radius 3 is 2.60 bits per heavy atom. The Morgan fingerprint density at radius 1 is 1.08 bits per heavy atom. The van der Waals surface area contributed by atoms with Crippen molar-refractivity contribution in [1.82, 2.24) is 0 Å². The summed E-state index contributed by atoms with van der Waals surface area (Å²) < 4.78 is 49.4. The van der Waals surface area contributed by atoms with E-state index in [1.165, 1.54) is 17.0 Å². The number of carbonyl (C=O) groups is 1. The molecule has 4 rings (SSSR count). The first-order valence-electron chi connectivity index (χ1n) is 7.52. The van der Waals surface area contributed by atoms with Gasteiger partial charge in [0, 0.05) is 5.69 Å². The van der Waals surface area contributed by atoms with Crippen LogP contribution in [0.5, 0.6) is 11.5 Å². The lowest BCUT2D eigenvalue weighted by molar-refractivity contribution is -0.137. The summed E-state index contributed by atoms with van der Waals surface area (Å²) in [7, 11) is 0. The highest BCUT2D eigenvalue weighted by Crippen LogP contribution is 2.43. The normalized spacial score (nSPS) is 22.1. The number of anilines is 1. The summed E-state index contributed by atoms with van der Waals surface area (Å²) >= 11 is 0. The summed E-state index contributed by atoms with van der Waals surface area (Å²) in [5, 5.41) is 0. The molecule has 0 bridgehead atoms. The van der Waals surface area contributed by atoms with Crippen molar-refractivity contribution in [2.24, 2.45) is 5.73 Å². The lowest BCUT2D eigenvalue weighted by Crippen LogP contribution is -2.63. The van der Waals surface area contributed by atoms with E-state index in [2.05, 4.69) is 0 Å². The van der Waals surface area contributed by atoms with Gasteiger partial charge in [-0.3, -0.25) is 4.79 Å². The molecule has 2 heterocycles. The van der Waals surface area contributed by atoms with Crippen LogP contribution in [0.2, 0.25) is 0 Å². The smallest absolute Gasteiger partial charge is 0.416 e. The molecule has 0 saturated carbocycles. The number of fused-ring (bicyclic) bond motifs is 1. The summed E-state index contributed by atoms with van der Waals surface area (Å²) in [6.45, 7) is 0.103. The fourth-order valence-corrected chi connectivity index (χ4v) is 3.08. The molecule has 1 saturated heterocycles. The molecular formula is C17H13F3N2O3. The Labute approximate surface area is 140 Å². The minimum Gasteiger partial charge on any atom is -0.454 e. The largest absolute Gasteiger partial charge is 0.454 e. The van der Waals surface area contributed by atoms with Gasteiger partial charge in [0.25, 0.3) is 0 Å². The summed E-state index contributed by atoms with van der Waals surface area (Å²) in [5.41, 5.74) is 5.92. The van der Waals surface area contributed by atoms with E-state index in [-0.39, 0.29) is 12.5 Å². The minimum atomic E-state index is -4.49. The molecule has 8 heteroatoms. The molecule has 0 radical (unpaired) electrons. The number of halogens is 3. The summed E-state index contributed by atoms with van der Waals surface area (Å²) in [5.74, 6) is 0.670. The number of hydrogen-bond donors (Lipinski definition) is 1. The summed E-state index contributed by atoms with van der Waals surface area (Å²) in [6.07, 6.45) is -4.49. The standard InChI is InChI=1S/C17H13F3N2O3/c18-17(19,20)10-2-1-3-11(7-10)22-15(14(21)16(22)23)9-4-5-12-13(6-9)25-8-24-12/h1-7,14-15H,8,21H2/t14-,15+/m1/s1. The van der Waals surface area contributed by atoms with Crippen molar-refractivity contribution in [3.63, 3.8) is 0 Å². The highest BCUT2D eigenvalue weighted by Gasteiger charge is 2.47. The lowest BCUT2D eigenvalue weighted by Gasteiger charge is -2.45. The molecule has 0 unspecified atom stereocenters. The van der Waals surface area contributed by atoms with E-state index in [1.54, 1.807) is 18.2 Å². The highest BCUT2D eigenvalue weighted by atomic mass is 19.4. The van der Waals surface area contributed by atoms with Crippen LogP contribution < -0.4 is 20.1 Å². The fraction of sp³-hybridized carbons (Fsp3) is 0.235. The van der Waals surface area contributed by atoms with Gasteiger partial charge in [-0.05, 0) is 35.9 Å². The molecule has 0 aromatic heterocycles. The molecular weight excluding hydrogens is 337 g/mol. The van der Waals surface area contributed by atoms with Crippen molar-refractivity contribution >= 4 is 11.6 Å². The van der Waals surface area contributed by atoms with Crippen LogP contribution in [0.3, 0.4) is 0 Å². The van der Waals surface area contributed by atoms with E-state index in [4.69, 9.17) is 15.2 Å². The molecule has 25 heavy (non-hydrogen) atoms. The average molecular weight is 350 g/mol. The summed E-state index contributed by atoms with van der Waals surface area (Å²) in [6, 6.07) is 8.36. The zero-order valence-corrected chi connectivity index (χ0v) is 12.8. The van der Waals surface area contributed by atoms with E-state index < -0.39 is 29.7 Å². The number of alkyl halides is 3. The number of β-lactam (4-membered cyclic amide) rings is 1. The summed E-state index contributed by atoms with van der Waals surface area (Å²) in [4.78, 5) is 13.5. The first-order chi connectivity index (χ1) is 11.9. The van der Waals surface area contributed by atoms with Crippen LogP contribution in [-0.4, -0.2) is 18.7 Å². The van der Waals surface area contributed by atoms with E-state index in [1.807, 2.05) is 0 Å². The molecule has 1 fully saturated rings. The molecule has 0 aliphatic carbocycles. The Morgan fingerprint density at radius 2 is 1.84 bits per heavy atom. The van der Waals surface area contributed by atoms with E-state index in [9.17, 15) is 18.0 Å². The van der Waals surface area contributed by atoms with Gasteiger partial charge < -0.3 is 20.1 Å². The third kappa shape index (κ3) is 2.49. The number of nitrogens with two attached hydrogens (primary N) is 1. The van der Waals surface area contributed by atoms with Gasteiger partial charge in [-0.25, -0.2) is 0 Å². The van der Waals surface area contributed by atoms with Crippen LogP contribution in [0.4, 0.5) is 18.9 Å². The molecule has 1 amide bonds. The van der Waals surface area contributed by atoms with Crippen LogP contribution in [0, 0.1) is 0 Å². The minimum absolute atomic E-state index is 0.103. The SMILES string of the molecule is N[C@H]1C(=O)N(c2cccc(C(F)(F)F)c2)[C@H]1c1ccc2c(c1)OCO2. The van der Waals surface area contributed by atoms with Crippen molar-refractivity contribution in [3.05, 3.63) is 53.6 Å². The zero-order chi connectivity index (χ0) is 17.8.